The van der Waals surface area contributed by atoms with Crippen molar-refractivity contribution in [3.63, 3.8) is 0 Å². The second kappa shape index (κ2) is 14.5. The molecule has 1 saturated heterocycles. The van der Waals surface area contributed by atoms with E-state index in [2.05, 4.69) is 32.8 Å². The number of aliphatic hydroxyl groups excluding tert-OH is 1. The van der Waals surface area contributed by atoms with E-state index >= 15 is 0 Å². The Morgan fingerprint density at radius 2 is 1.42 bits per heavy atom. The first-order valence-electron chi connectivity index (χ1n) is 15.5. The summed E-state index contributed by atoms with van der Waals surface area (Å²) in [6, 6.07) is 0. The van der Waals surface area contributed by atoms with E-state index in [0.29, 0.717) is 30.8 Å². The van der Waals surface area contributed by atoms with Crippen molar-refractivity contribution in [1.29, 1.82) is 0 Å². The highest BCUT2D eigenvalue weighted by Gasteiger charge is 2.45. The van der Waals surface area contributed by atoms with Gasteiger partial charge in [0.2, 0.25) is 0 Å². The van der Waals surface area contributed by atoms with E-state index < -0.39 is 0 Å². The predicted octanol–water partition coefficient (Wildman–Crippen LogP) is 7.59. The van der Waals surface area contributed by atoms with Gasteiger partial charge < -0.3 is 9.84 Å². The second-order valence-electron chi connectivity index (χ2n) is 13.4. The largest absolute Gasteiger partial charge is 0.465 e. The zero-order valence-corrected chi connectivity index (χ0v) is 24.1. The molecule has 3 aliphatic rings. The molecule has 0 spiro atoms. The average Bonchev–Trinajstić information content (AvgIpc) is 2.86. The molecule has 0 amide bonds. The van der Waals surface area contributed by atoms with Gasteiger partial charge in [-0.15, -0.1) is 0 Å². The quantitative estimate of drug-likeness (QED) is 0.205. The zero-order chi connectivity index (χ0) is 26.0. The lowest BCUT2D eigenvalue weighted by molar-refractivity contribution is -0.317. The molecule has 3 rings (SSSR count). The molecule has 1 N–H and O–H groups in total. The summed E-state index contributed by atoms with van der Waals surface area (Å²) in [6.45, 7) is 10.1. The van der Waals surface area contributed by atoms with Crippen molar-refractivity contribution < 1.29 is 19.5 Å². The molecule has 5 heteroatoms. The minimum absolute atomic E-state index is 0.0377. The Labute approximate surface area is 222 Å². The normalized spacial score (nSPS) is 25.4. The van der Waals surface area contributed by atoms with E-state index in [-0.39, 0.29) is 29.8 Å². The van der Waals surface area contributed by atoms with Gasteiger partial charge in [0.05, 0.1) is 12.7 Å². The molecule has 2 atom stereocenters. The highest BCUT2D eigenvalue weighted by molar-refractivity contribution is 5.69. The van der Waals surface area contributed by atoms with Crippen molar-refractivity contribution in [1.82, 2.24) is 5.06 Å². The molecule has 0 aromatic carbocycles. The van der Waals surface area contributed by atoms with E-state index in [1.54, 1.807) is 0 Å². The molecule has 210 valence electrons. The van der Waals surface area contributed by atoms with E-state index in [1.807, 2.05) is 0 Å². The van der Waals surface area contributed by atoms with Gasteiger partial charge in [-0.1, -0.05) is 57.8 Å². The van der Waals surface area contributed by atoms with Crippen LogP contribution in [-0.4, -0.2) is 46.5 Å². The maximum atomic E-state index is 12.5. The first-order chi connectivity index (χ1) is 17.2. The molecule has 2 saturated carbocycles. The van der Waals surface area contributed by atoms with Gasteiger partial charge in [-0.2, -0.15) is 5.06 Å². The van der Waals surface area contributed by atoms with Crippen LogP contribution in [0.1, 0.15) is 143 Å². The second-order valence-corrected chi connectivity index (χ2v) is 13.4. The van der Waals surface area contributed by atoms with E-state index in [1.165, 1.54) is 83.5 Å². The number of piperidine rings is 1. The van der Waals surface area contributed by atoms with Gasteiger partial charge in [0.1, 0.15) is 0 Å². The number of hydroxylamine groups is 2. The molecule has 1 aliphatic heterocycles. The van der Waals surface area contributed by atoms with Crippen molar-refractivity contribution in [2.45, 2.75) is 160 Å². The van der Waals surface area contributed by atoms with E-state index in [0.717, 1.165) is 25.7 Å². The highest BCUT2D eigenvalue weighted by atomic mass is 16.7. The summed E-state index contributed by atoms with van der Waals surface area (Å²) in [5.74, 6) is 1.56. The Kier molecular flexibility index (Phi) is 12.0. The maximum Gasteiger partial charge on any atom is 0.305 e. The molecule has 0 aromatic heterocycles. The lowest BCUT2D eigenvalue weighted by Gasteiger charge is -2.53. The van der Waals surface area contributed by atoms with Crippen LogP contribution in [-0.2, 0) is 14.4 Å². The van der Waals surface area contributed by atoms with Gasteiger partial charge >= 0.3 is 5.97 Å². The number of unbranched alkanes of at least 4 members (excludes halogenated alkanes) is 2. The standard InChI is InChI=1S/C31H57NO4/c1-30(2)20-14-21-31(3,4)32(30)36-28(26-17-10-6-11-18-26)23-27(25-15-8-5-9-16-25)24-35-29(34)19-12-7-13-22-33/h25-28,33H,5-24H2,1-4H3. The SMILES string of the molecule is CC1(C)CCCC(C)(C)N1OC(CC(COC(=O)CCCCCO)C1CCCCC1)C1CCCCC1. The van der Waals surface area contributed by atoms with Gasteiger partial charge in [0, 0.05) is 24.1 Å². The van der Waals surface area contributed by atoms with Crippen LogP contribution in [0.4, 0.5) is 0 Å². The lowest BCUT2D eigenvalue weighted by atomic mass is 9.75. The number of nitrogens with zero attached hydrogens (tertiary/aromatic N) is 1. The van der Waals surface area contributed by atoms with Crippen molar-refractivity contribution >= 4 is 5.97 Å². The Balaban J connectivity index is 1.72. The number of carbonyl (C=O) groups is 1. The van der Waals surface area contributed by atoms with Crippen LogP contribution in [0.3, 0.4) is 0 Å². The fourth-order valence-corrected chi connectivity index (χ4v) is 7.35. The molecule has 2 unspecified atom stereocenters. The molecule has 1 heterocycles. The van der Waals surface area contributed by atoms with Gasteiger partial charge in [-0.25, -0.2) is 0 Å². The maximum absolute atomic E-state index is 12.5. The lowest BCUT2D eigenvalue weighted by Crippen LogP contribution is -2.60. The molecule has 0 radical (unpaired) electrons. The summed E-state index contributed by atoms with van der Waals surface area (Å²) in [6.07, 6.45) is 20.7. The minimum Gasteiger partial charge on any atom is -0.465 e. The summed E-state index contributed by atoms with van der Waals surface area (Å²) < 4.78 is 5.93. The van der Waals surface area contributed by atoms with Gasteiger partial charge in [0.15, 0.2) is 0 Å². The summed E-state index contributed by atoms with van der Waals surface area (Å²) >= 11 is 0. The van der Waals surface area contributed by atoms with Crippen LogP contribution < -0.4 is 0 Å². The van der Waals surface area contributed by atoms with Crippen LogP contribution in [0.5, 0.6) is 0 Å². The Morgan fingerprint density at radius 1 is 0.833 bits per heavy atom. The first-order valence-corrected chi connectivity index (χ1v) is 15.5. The molecular weight excluding hydrogens is 450 g/mol. The van der Waals surface area contributed by atoms with Crippen LogP contribution in [0, 0.1) is 17.8 Å². The molecular formula is C31H57NO4. The molecule has 36 heavy (non-hydrogen) atoms. The third kappa shape index (κ3) is 8.98. The average molecular weight is 508 g/mol. The number of carbonyl (C=O) groups excluding carboxylic acids is 1. The zero-order valence-electron chi connectivity index (χ0n) is 24.1. The van der Waals surface area contributed by atoms with Crippen LogP contribution >= 0.6 is 0 Å². The molecule has 0 aromatic rings. The third-order valence-electron chi connectivity index (χ3n) is 9.44. The number of esters is 1. The Morgan fingerprint density at radius 3 is 2.00 bits per heavy atom. The van der Waals surface area contributed by atoms with E-state index in [9.17, 15) is 4.79 Å². The molecule has 5 nitrogen and oxygen atoms in total. The van der Waals surface area contributed by atoms with Crippen LogP contribution in [0.2, 0.25) is 0 Å². The van der Waals surface area contributed by atoms with Gasteiger partial charge in [-0.05, 0) is 96.8 Å². The fourth-order valence-electron chi connectivity index (χ4n) is 7.35. The van der Waals surface area contributed by atoms with Crippen LogP contribution in [0.25, 0.3) is 0 Å². The van der Waals surface area contributed by atoms with Gasteiger partial charge in [0.25, 0.3) is 0 Å². The number of ether oxygens (including phenoxy) is 1. The fraction of sp³-hybridized carbons (Fsp3) is 0.968. The Bertz CT molecular complexity index is 620. The number of aliphatic hydroxyl groups is 1. The number of hydrogen-bond acceptors (Lipinski definition) is 5. The van der Waals surface area contributed by atoms with E-state index in [4.69, 9.17) is 14.7 Å². The van der Waals surface area contributed by atoms with Gasteiger partial charge in [-0.3, -0.25) is 9.63 Å². The topological polar surface area (TPSA) is 59.0 Å². The third-order valence-corrected chi connectivity index (χ3v) is 9.44. The first kappa shape index (κ1) is 29.9. The molecule has 0 bridgehead atoms. The monoisotopic (exact) mass is 507 g/mol. The predicted molar refractivity (Wildman–Crippen MR) is 146 cm³/mol. The van der Waals surface area contributed by atoms with Crippen molar-refractivity contribution in [2.24, 2.45) is 17.8 Å². The molecule has 3 fully saturated rings. The van der Waals surface area contributed by atoms with Crippen molar-refractivity contribution in [2.75, 3.05) is 13.2 Å². The molecule has 2 aliphatic carbocycles. The minimum atomic E-state index is -0.0674. The summed E-state index contributed by atoms with van der Waals surface area (Å²) in [7, 11) is 0. The number of rotatable bonds is 13. The van der Waals surface area contributed by atoms with Crippen molar-refractivity contribution in [3.05, 3.63) is 0 Å². The van der Waals surface area contributed by atoms with Crippen molar-refractivity contribution in [3.8, 4) is 0 Å². The van der Waals surface area contributed by atoms with Crippen LogP contribution in [0.15, 0.2) is 0 Å². The smallest absolute Gasteiger partial charge is 0.305 e. The summed E-state index contributed by atoms with van der Waals surface area (Å²) in [5, 5.41) is 11.4. The highest BCUT2D eigenvalue weighted by Crippen LogP contribution is 2.43. The Hall–Kier alpha value is -0.650. The number of hydrogen-bond donors (Lipinski definition) is 1. The summed E-state index contributed by atoms with van der Waals surface area (Å²) in [4.78, 5) is 19.7. The summed E-state index contributed by atoms with van der Waals surface area (Å²) in [5.41, 5.74) is 0.0755.